The molecule has 0 bridgehead atoms. The van der Waals surface area contributed by atoms with Gasteiger partial charge in [-0.25, -0.2) is 4.98 Å². The van der Waals surface area contributed by atoms with Gasteiger partial charge in [0.15, 0.2) is 11.5 Å². The molecule has 1 aliphatic carbocycles. The highest BCUT2D eigenvalue weighted by molar-refractivity contribution is 5.86. The zero-order chi connectivity index (χ0) is 35.2. The Balaban J connectivity index is 1.60. The van der Waals surface area contributed by atoms with E-state index < -0.39 is 18.1 Å². The average Bonchev–Trinajstić information content (AvgIpc) is 3.39. The van der Waals surface area contributed by atoms with Crippen molar-refractivity contribution in [1.82, 2.24) is 20.2 Å². The van der Waals surface area contributed by atoms with Gasteiger partial charge in [-0.2, -0.15) is 0 Å². The van der Waals surface area contributed by atoms with Crippen LogP contribution < -0.4 is 35.6 Å². The fourth-order valence-electron chi connectivity index (χ4n) is 6.53. The maximum Gasteiger partial charge on any atom is 0.243 e. The first-order valence-corrected chi connectivity index (χ1v) is 16.5. The first-order valence-electron chi connectivity index (χ1n) is 16.5. The monoisotopic (exact) mass is 667 g/mol. The smallest absolute Gasteiger partial charge is 0.243 e. The van der Waals surface area contributed by atoms with E-state index in [1.165, 1.54) is 6.92 Å². The quantitative estimate of drug-likeness (QED) is 0.185. The molecule has 0 unspecified atom stereocenters. The standard InChI is InChI=1S/C38H45N5O6/c1-8-22(2)33(38(46)42-34(24-12-10-9-11-13-24)37-39-18-19-43(37)4)41-29-17-15-26-27(21-30(29)45)28(40-23(3)44)16-14-25-20-31(47-5)35(48-6)36(49-7)32(25)26/h9-13,15,17-22,28,33-34H,8,14,16H2,1-7H3,(H,40,44)(H,41,45)(H,42,46)/t22-,28+,33+,34-/m1/s1. The Kier molecular flexibility index (Phi) is 10.9. The number of aryl methyl sites for hydroxylation is 2. The van der Waals surface area contributed by atoms with Gasteiger partial charge in [-0.1, -0.05) is 56.7 Å². The van der Waals surface area contributed by atoms with Gasteiger partial charge in [0.2, 0.25) is 23.0 Å². The molecule has 11 nitrogen and oxygen atoms in total. The van der Waals surface area contributed by atoms with Crippen molar-refractivity contribution in [3.8, 4) is 28.4 Å². The fourth-order valence-corrected chi connectivity index (χ4v) is 6.53. The van der Waals surface area contributed by atoms with Crippen molar-refractivity contribution in [2.75, 3.05) is 26.6 Å². The van der Waals surface area contributed by atoms with Crippen LogP contribution in [0.5, 0.6) is 17.2 Å². The second kappa shape index (κ2) is 15.3. The predicted octanol–water partition coefficient (Wildman–Crippen LogP) is 5.33. The third-order valence-corrected chi connectivity index (χ3v) is 9.26. The second-order valence-electron chi connectivity index (χ2n) is 12.4. The summed E-state index contributed by atoms with van der Waals surface area (Å²) in [7, 11) is 6.56. The number of anilines is 1. The molecule has 1 heterocycles. The molecular formula is C38H45N5O6. The van der Waals surface area contributed by atoms with Crippen LogP contribution in [0.3, 0.4) is 0 Å². The van der Waals surface area contributed by atoms with Crippen LogP contribution in [0.2, 0.25) is 0 Å². The molecule has 0 aliphatic heterocycles. The van der Waals surface area contributed by atoms with Gasteiger partial charge in [-0.3, -0.25) is 14.4 Å². The number of hydrogen-bond donors (Lipinski definition) is 3. The number of ether oxygens (including phenoxy) is 3. The molecule has 0 fully saturated rings. The van der Waals surface area contributed by atoms with Crippen molar-refractivity contribution in [2.45, 2.75) is 58.2 Å². The van der Waals surface area contributed by atoms with Gasteiger partial charge in [-0.15, -0.1) is 0 Å². The van der Waals surface area contributed by atoms with Gasteiger partial charge in [0, 0.05) is 31.9 Å². The number of amides is 2. The molecule has 0 saturated heterocycles. The predicted molar refractivity (Wildman–Crippen MR) is 189 cm³/mol. The molecule has 1 aromatic heterocycles. The van der Waals surface area contributed by atoms with Crippen LogP contribution >= 0.6 is 0 Å². The summed E-state index contributed by atoms with van der Waals surface area (Å²) in [4.78, 5) is 45.2. The number of aromatic nitrogens is 2. The summed E-state index contributed by atoms with van der Waals surface area (Å²) >= 11 is 0. The highest BCUT2D eigenvalue weighted by Crippen LogP contribution is 2.50. The molecular weight excluding hydrogens is 622 g/mol. The SMILES string of the molecule is CC[C@@H](C)[C@H](Nc1ccc2c(cc1=O)[C@@H](NC(C)=O)CCc1cc(OC)c(OC)c(OC)c1-2)C(=O)N[C@H](c1ccccc1)c1nccn1C. The molecule has 11 heteroatoms. The zero-order valence-electron chi connectivity index (χ0n) is 29.1. The Morgan fingerprint density at radius 2 is 1.76 bits per heavy atom. The summed E-state index contributed by atoms with van der Waals surface area (Å²) in [5, 5.41) is 9.55. The Hall–Kier alpha value is -5.32. The molecule has 4 aromatic rings. The van der Waals surface area contributed by atoms with Gasteiger partial charge in [0.05, 0.1) is 33.1 Å². The fraction of sp³-hybridized carbons (Fsp3) is 0.368. The van der Waals surface area contributed by atoms with Gasteiger partial charge >= 0.3 is 0 Å². The van der Waals surface area contributed by atoms with Crippen molar-refractivity contribution in [1.29, 1.82) is 0 Å². The molecule has 1 aliphatic rings. The second-order valence-corrected chi connectivity index (χ2v) is 12.4. The van der Waals surface area contributed by atoms with Gasteiger partial charge in [-0.05, 0) is 59.2 Å². The number of carbonyl (C=O) groups excluding carboxylic acids is 2. The number of nitrogens with one attached hydrogen (secondary N) is 3. The number of rotatable bonds is 12. The largest absolute Gasteiger partial charge is 0.493 e. The summed E-state index contributed by atoms with van der Waals surface area (Å²) < 4.78 is 19.1. The first-order chi connectivity index (χ1) is 23.6. The van der Waals surface area contributed by atoms with Gasteiger partial charge in [0.1, 0.15) is 17.9 Å². The Morgan fingerprint density at radius 3 is 2.37 bits per heavy atom. The minimum absolute atomic E-state index is 0.134. The third kappa shape index (κ3) is 7.25. The number of methoxy groups -OCH3 is 3. The average molecular weight is 668 g/mol. The lowest BCUT2D eigenvalue weighted by atomic mass is 9.95. The number of nitrogens with zero attached hydrogens (tertiary/aromatic N) is 2. The minimum Gasteiger partial charge on any atom is -0.493 e. The molecule has 49 heavy (non-hydrogen) atoms. The van der Waals surface area contributed by atoms with Crippen LogP contribution in [0, 0.1) is 5.92 Å². The van der Waals surface area contributed by atoms with Crippen LogP contribution in [-0.4, -0.2) is 48.7 Å². The molecule has 2 amide bonds. The van der Waals surface area contributed by atoms with Crippen molar-refractivity contribution in [3.05, 3.63) is 99.7 Å². The molecule has 0 radical (unpaired) electrons. The molecule has 258 valence electrons. The van der Waals surface area contributed by atoms with E-state index in [1.807, 2.05) is 74.1 Å². The maximum absolute atomic E-state index is 14.2. The number of benzene rings is 2. The lowest BCUT2D eigenvalue weighted by Crippen LogP contribution is -2.46. The van der Waals surface area contributed by atoms with E-state index in [0.717, 1.165) is 16.7 Å². The molecule has 4 atom stereocenters. The van der Waals surface area contributed by atoms with Crippen molar-refractivity contribution >= 4 is 17.5 Å². The maximum atomic E-state index is 14.2. The number of hydrogen-bond acceptors (Lipinski definition) is 8. The van der Waals surface area contributed by atoms with Crippen molar-refractivity contribution < 1.29 is 23.8 Å². The van der Waals surface area contributed by atoms with Crippen LogP contribution in [0.1, 0.15) is 68.2 Å². The van der Waals surface area contributed by atoms with Crippen molar-refractivity contribution in [3.63, 3.8) is 0 Å². The third-order valence-electron chi connectivity index (χ3n) is 9.26. The summed E-state index contributed by atoms with van der Waals surface area (Å²) in [5.41, 5.74) is 3.85. The lowest BCUT2D eigenvalue weighted by molar-refractivity contribution is -0.123. The Morgan fingerprint density at radius 1 is 1.02 bits per heavy atom. The zero-order valence-corrected chi connectivity index (χ0v) is 29.1. The summed E-state index contributed by atoms with van der Waals surface area (Å²) in [6, 6.07) is 15.0. The molecule has 0 saturated carbocycles. The Bertz CT molecular complexity index is 1870. The molecule has 3 N–H and O–H groups in total. The molecule has 3 aromatic carbocycles. The summed E-state index contributed by atoms with van der Waals surface area (Å²) in [6.07, 6.45) is 5.35. The van der Waals surface area contributed by atoms with E-state index in [9.17, 15) is 14.4 Å². The minimum atomic E-state index is -0.747. The highest BCUT2D eigenvalue weighted by atomic mass is 16.5. The lowest BCUT2D eigenvalue weighted by Gasteiger charge is -2.27. The number of fused-ring (bicyclic) bond motifs is 3. The highest BCUT2D eigenvalue weighted by Gasteiger charge is 2.32. The van der Waals surface area contributed by atoms with Crippen LogP contribution in [0.4, 0.5) is 5.69 Å². The normalized spacial score (nSPS) is 15.4. The number of carbonyl (C=O) groups is 2. The van der Waals surface area contributed by atoms with E-state index >= 15 is 0 Å². The van der Waals surface area contributed by atoms with E-state index in [2.05, 4.69) is 20.9 Å². The van der Waals surface area contributed by atoms with E-state index in [4.69, 9.17) is 14.2 Å². The van der Waals surface area contributed by atoms with E-state index in [1.54, 1.807) is 39.7 Å². The van der Waals surface area contributed by atoms with Crippen LogP contribution in [-0.2, 0) is 23.1 Å². The molecule has 0 spiro atoms. The van der Waals surface area contributed by atoms with Crippen LogP contribution in [0.25, 0.3) is 11.1 Å². The topological polar surface area (TPSA) is 133 Å². The van der Waals surface area contributed by atoms with E-state index in [0.29, 0.717) is 53.5 Å². The first kappa shape index (κ1) is 35.0. The Labute approximate surface area is 287 Å². The van der Waals surface area contributed by atoms with Gasteiger partial charge < -0.3 is 34.7 Å². The van der Waals surface area contributed by atoms with E-state index in [-0.39, 0.29) is 28.8 Å². The number of imidazole rings is 1. The summed E-state index contributed by atoms with van der Waals surface area (Å²) in [6.45, 7) is 5.45. The molecule has 5 rings (SSSR count). The van der Waals surface area contributed by atoms with Gasteiger partial charge in [0.25, 0.3) is 0 Å². The van der Waals surface area contributed by atoms with Crippen LogP contribution in [0.15, 0.2) is 71.8 Å². The van der Waals surface area contributed by atoms with Crippen molar-refractivity contribution in [2.24, 2.45) is 13.0 Å². The summed E-state index contributed by atoms with van der Waals surface area (Å²) in [5.74, 6) is 1.48.